The van der Waals surface area contributed by atoms with Gasteiger partial charge < -0.3 is 23.5 Å². The average Bonchev–Trinajstić information content (AvgIpc) is 2.77. The SMILES string of the molecule is CCOC(=O)C(C)(C)Oc1ccc(B2OC(C)(C)C(C)(C)O2)cc1OCC. The van der Waals surface area contributed by atoms with Crippen molar-refractivity contribution in [3.63, 3.8) is 0 Å². The lowest BCUT2D eigenvalue weighted by molar-refractivity contribution is -0.158. The Morgan fingerprint density at radius 2 is 1.63 bits per heavy atom. The zero-order chi connectivity index (χ0) is 20.5. The van der Waals surface area contributed by atoms with Gasteiger partial charge in [-0.3, -0.25) is 0 Å². The molecule has 0 unspecified atom stereocenters. The quantitative estimate of drug-likeness (QED) is 0.537. The average molecular weight is 378 g/mol. The van der Waals surface area contributed by atoms with Crippen molar-refractivity contribution in [2.24, 2.45) is 0 Å². The molecular formula is C20H31BO6. The Kier molecular flexibility index (Phi) is 6.17. The second-order valence-corrected chi connectivity index (χ2v) is 8.06. The molecule has 1 aliphatic rings. The number of carbonyl (C=O) groups is 1. The summed E-state index contributed by atoms with van der Waals surface area (Å²) in [6, 6.07) is 5.47. The van der Waals surface area contributed by atoms with Crippen LogP contribution in [0.3, 0.4) is 0 Å². The summed E-state index contributed by atoms with van der Waals surface area (Å²) in [4.78, 5) is 12.1. The zero-order valence-corrected chi connectivity index (χ0v) is 17.7. The predicted molar refractivity (Wildman–Crippen MR) is 105 cm³/mol. The maximum absolute atomic E-state index is 12.1. The number of ether oxygens (including phenoxy) is 3. The number of hydrogen-bond acceptors (Lipinski definition) is 6. The van der Waals surface area contributed by atoms with Gasteiger partial charge >= 0.3 is 13.1 Å². The lowest BCUT2D eigenvalue weighted by Crippen LogP contribution is -2.41. The van der Waals surface area contributed by atoms with Gasteiger partial charge in [0.1, 0.15) is 0 Å². The van der Waals surface area contributed by atoms with E-state index in [-0.39, 0.29) is 0 Å². The van der Waals surface area contributed by atoms with Crippen molar-refractivity contribution >= 4 is 18.6 Å². The van der Waals surface area contributed by atoms with Crippen LogP contribution in [0.2, 0.25) is 0 Å². The van der Waals surface area contributed by atoms with Crippen LogP contribution in [0.25, 0.3) is 0 Å². The normalized spacial score (nSPS) is 18.3. The van der Waals surface area contributed by atoms with Crippen LogP contribution >= 0.6 is 0 Å². The van der Waals surface area contributed by atoms with Gasteiger partial charge in [-0.05, 0) is 73.0 Å². The number of rotatable bonds is 7. The summed E-state index contributed by atoms with van der Waals surface area (Å²) in [5.74, 6) is 0.569. The van der Waals surface area contributed by atoms with Crippen LogP contribution in [-0.2, 0) is 18.8 Å². The number of benzene rings is 1. The zero-order valence-electron chi connectivity index (χ0n) is 17.7. The van der Waals surface area contributed by atoms with E-state index in [1.54, 1.807) is 26.8 Å². The lowest BCUT2D eigenvalue weighted by Gasteiger charge is -2.32. The molecule has 150 valence electrons. The van der Waals surface area contributed by atoms with E-state index in [2.05, 4.69) is 0 Å². The maximum atomic E-state index is 12.1. The first-order chi connectivity index (χ1) is 12.4. The third-order valence-corrected chi connectivity index (χ3v) is 4.93. The van der Waals surface area contributed by atoms with Crippen molar-refractivity contribution in [1.82, 2.24) is 0 Å². The molecule has 6 nitrogen and oxygen atoms in total. The van der Waals surface area contributed by atoms with Gasteiger partial charge in [-0.1, -0.05) is 6.07 Å². The van der Waals surface area contributed by atoms with E-state index in [9.17, 15) is 4.79 Å². The molecule has 27 heavy (non-hydrogen) atoms. The van der Waals surface area contributed by atoms with Crippen molar-refractivity contribution in [3.05, 3.63) is 18.2 Å². The van der Waals surface area contributed by atoms with Crippen LogP contribution in [0.15, 0.2) is 18.2 Å². The highest BCUT2D eigenvalue weighted by Crippen LogP contribution is 2.37. The molecule has 0 N–H and O–H groups in total. The molecule has 7 heteroatoms. The molecule has 0 amide bonds. The summed E-state index contributed by atoms with van der Waals surface area (Å²) in [5, 5.41) is 0. The van der Waals surface area contributed by atoms with Gasteiger partial charge in [-0.15, -0.1) is 0 Å². The maximum Gasteiger partial charge on any atom is 0.494 e. The third-order valence-electron chi connectivity index (χ3n) is 4.93. The van der Waals surface area contributed by atoms with E-state index in [0.29, 0.717) is 24.7 Å². The Morgan fingerprint density at radius 3 is 2.15 bits per heavy atom. The molecule has 0 saturated carbocycles. The molecule has 0 radical (unpaired) electrons. The fourth-order valence-corrected chi connectivity index (χ4v) is 2.62. The van der Waals surface area contributed by atoms with Gasteiger partial charge in [0.05, 0.1) is 24.4 Å². The molecule has 0 spiro atoms. The highest BCUT2D eigenvalue weighted by Gasteiger charge is 2.51. The molecule has 0 atom stereocenters. The van der Waals surface area contributed by atoms with Gasteiger partial charge in [0, 0.05) is 0 Å². The van der Waals surface area contributed by atoms with Crippen molar-refractivity contribution < 1.29 is 28.3 Å². The fourth-order valence-electron chi connectivity index (χ4n) is 2.62. The Balaban J connectivity index is 2.28. The Morgan fingerprint density at radius 1 is 1.04 bits per heavy atom. The topological polar surface area (TPSA) is 63.2 Å². The van der Waals surface area contributed by atoms with Gasteiger partial charge in [0.15, 0.2) is 17.1 Å². The molecule has 1 aromatic rings. The fraction of sp³-hybridized carbons (Fsp3) is 0.650. The molecule has 0 aliphatic carbocycles. The monoisotopic (exact) mass is 378 g/mol. The summed E-state index contributed by atoms with van der Waals surface area (Å²) >= 11 is 0. The van der Waals surface area contributed by atoms with Crippen LogP contribution in [0.1, 0.15) is 55.4 Å². The minimum atomic E-state index is -1.13. The van der Waals surface area contributed by atoms with E-state index >= 15 is 0 Å². The molecule has 2 rings (SSSR count). The molecule has 0 bridgehead atoms. The van der Waals surface area contributed by atoms with E-state index < -0.39 is 29.9 Å². The Labute approximate surface area is 162 Å². The first kappa shape index (κ1) is 21.6. The standard InChI is InChI=1S/C20H31BO6/c1-9-23-16-13-14(21-26-19(5,6)20(7,8)27-21)11-12-15(16)25-18(3,4)17(22)24-10-2/h11-13H,9-10H2,1-8H3. The molecule has 1 aliphatic heterocycles. The van der Waals surface area contributed by atoms with Crippen molar-refractivity contribution in [2.45, 2.75) is 72.2 Å². The first-order valence-corrected chi connectivity index (χ1v) is 9.42. The van der Waals surface area contributed by atoms with E-state index in [1.165, 1.54) is 0 Å². The molecule has 1 fully saturated rings. The third kappa shape index (κ3) is 4.58. The van der Waals surface area contributed by atoms with Crippen LogP contribution < -0.4 is 14.9 Å². The minimum Gasteiger partial charge on any atom is -0.490 e. The Hall–Kier alpha value is -1.73. The highest BCUT2D eigenvalue weighted by molar-refractivity contribution is 6.62. The number of esters is 1. The first-order valence-electron chi connectivity index (χ1n) is 9.42. The summed E-state index contributed by atoms with van der Waals surface area (Å²) in [7, 11) is -0.499. The second kappa shape index (κ2) is 7.72. The largest absolute Gasteiger partial charge is 0.494 e. The van der Waals surface area contributed by atoms with Crippen LogP contribution in [0.5, 0.6) is 11.5 Å². The summed E-state index contributed by atoms with van der Waals surface area (Å²) in [6.45, 7) is 15.8. The minimum absolute atomic E-state index is 0.296. The van der Waals surface area contributed by atoms with E-state index in [0.717, 1.165) is 5.46 Å². The second-order valence-electron chi connectivity index (χ2n) is 8.06. The van der Waals surface area contributed by atoms with Crippen LogP contribution in [-0.4, -0.2) is 43.1 Å². The highest BCUT2D eigenvalue weighted by atomic mass is 16.7. The molecule has 1 saturated heterocycles. The summed E-state index contributed by atoms with van der Waals surface area (Å²) in [6.07, 6.45) is 0. The lowest BCUT2D eigenvalue weighted by atomic mass is 9.79. The van der Waals surface area contributed by atoms with Gasteiger partial charge in [-0.25, -0.2) is 4.79 Å². The van der Waals surface area contributed by atoms with E-state index in [1.807, 2.05) is 46.8 Å². The smallest absolute Gasteiger partial charge is 0.490 e. The molecule has 0 aromatic heterocycles. The van der Waals surface area contributed by atoms with Gasteiger partial charge in [-0.2, -0.15) is 0 Å². The Bertz CT molecular complexity index is 667. The molecule has 1 aromatic carbocycles. The van der Waals surface area contributed by atoms with Crippen molar-refractivity contribution in [1.29, 1.82) is 0 Å². The summed E-state index contributed by atoms with van der Waals surface area (Å²) < 4.78 is 28.9. The van der Waals surface area contributed by atoms with Gasteiger partial charge in [0.2, 0.25) is 0 Å². The van der Waals surface area contributed by atoms with Crippen LogP contribution in [0, 0.1) is 0 Å². The summed E-state index contributed by atoms with van der Waals surface area (Å²) in [5.41, 5.74) is -1.15. The van der Waals surface area contributed by atoms with Crippen molar-refractivity contribution in [2.75, 3.05) is 13.2 Å². The van der Waals surface area contributed by atoms with E-state index in [4.69, 9.17) is 23.5 Å². The number of hydrogen-bond donors (Lipinski definition) is 0. The molecular weight excluding hydrogens is 347 g/mol. The predicted octanol–water partition coefficient (Wildman–Crippen LogP) is 3.11. The number of carbonyl (C=O) groups excluding carboxylic acids is 1. The van der Waals surface area contributed by atoms with Gasteiger partial charge in [0.25, 0.3) is 0 Å². The van der Waals surface area contributed by atoms with Crippen LogP contribution in [0.4, 0.5) is 0 Å². The van der Waals surface area contributed by atoms with Crippen molar-refractivity contribution in [3.8, 4) is 11.5 Å². The molecule has 1 heterocycles.